The Bertz CT molecular complexity index is 1320. The zero-order chi connectivity index (χ0) is 24.2. The molecule has 0 aliphatic carbocycles. The van der Waals surface area contributed by atoms with Gasteiger partial charge in [-0.15, -0.1) is 0 Å². The summed E-state index contributed by atoms with van der Waals surface area (Å²) in [6, 6.07) is 14.5. The maximum absolute atomic E-state index is 12.9. The highest BCUT2D eigenvalue weighted by molar-refractivity contribution is 5.94. The summed E-state index contributed by atoms with van der Waals surface area (Å²) in [5, 5.41) is 0. The number of fused-ring (bicyclic) bond motifs is 1. The number of nitrogens with zero attached hydrogens (tertiary/aromatic N) is 3. The first-order valence-electron chi connectivity index (χ1n) is 11.7. The Morgan fingerprint density at radius 2 is 1.47 bits per heavy atom. The largest absolute Gasteiger partial charge is 0.466 e. The Morgan fingerprint density at radius 3 is 2.06 bits per heavy atom. The molecule has 0 bridgehead atoms. The number of hydrogen-bond donors (Lipinski definition) is 0. The van der Waals surface area contributed by atoms with E-state index in [1.165, 1.54) is 9.13 Å². The van der Waals surface area contributed by atoms with E-state index < -0.39 is 11.1 Å². The van der Waals surface area contributed by atoms with Crippen molar-refractivity contribution in [2.24, 2.45) is 5.92 Å². The first kappa shape index (κ1) is 23.5. The van der Waals surface area contributed by atoms with E-state index in [4.69, 9.17) is 4.74 Å². The fraction of sp³-hybridized carbons (Fsp3) is 0.385. The minimum absolute atomic E-state index is 0.0815. The number of aromatic nitrogens is 2. The molecule has 3 aromatic rings. The van der Waals surface area contributed by atoms with Gasteiger partial charge in [-0.2, -0.15) is 0 Å². The Morgan fingerprint density at radius 1 is 0.882 bits per heavy atom. The number of carbonyl (C=O) groups is 2. The average Bonchev–Trinajstić information content (AvgIpc) is 2.87. The highest BCUT2D eigenvalue weighted by Gasteiger charge is 2.28. The summed E-state index contributed by atoms with van der Waals surface area (Å²) >= 11 is 0. The average molecular weight is 464 g/mol. The van der Waals surface area contributed by atoms with E-state index in [2.05, 4.69) is 0 Å². The van der Waals surface area contributed by atoms with Crippen molar-refractivity contribution in [2.45, 2.75) is 39.8 Å². The van der Waals surface area contributed by atoms with E-state index in [-0.39, 0.29) is 24.3 Å². The van der Waals surface area contributed by atoms with Crippen LogP contribution in [-0.4, -0.2) is 45.6 Å². The molecule has 1 aliphatic heterocycles. The summed E-state index contributed by atoms with van der Waals surface area (Å²) < 4.78 is 8.07. The number of para-hydroxylation sites is 2. The quantitative estimate of drug-likeness (QED) is 0.414. The number of carbonyl (C=O) groups excluding carboxylic acids is 2. The lowest BCUT2D eigenvalue weighted by Gasteiger charge is -2.31. The molecule has 0 spiro atoms. The molecule has 4 rings (SSSR count). The minimum Gasteiger partial charge on any atom is -0.466 e. The molecule has 1 aromatic heterocycles. The van der Waals surface area contributed by atoms with Gasteiger partial charge < -0.3 is 14.2 Å². The lowest BCUT2D eigenvalue weighted by Crippen LogP contribution is -2.41. The van der Waals surface area contributed by atoms with Gasteiger partial charge in [0.1, 0.15) is 0 Å². The van der Waals surface area contributed by atoms with Crippen molar-refractivity contribution < 1.29 is 14.3 Å². The van der Waals surface area contributed by atoms with Crippen LogP contribution in [0.25, 0.3) is 11.0 Å². The molecule has 0 radical (unpaired) electrons. The molecule has 0 atom stereocenters. The predicted octanol–water partition coefficient (Wildman–Crippen LogP) is 2.65. The van der Waals surface area contributed by atoms with Gasteiger partial charge in [-0.3, -0.25) is 23.7 Å². The van der Waals surface area contributed by atoms with Gasteiger partial charge in [-0.05, 0) is 56.5 Å². The number of likely N-dealkylation sites (tertiary alicyclic amines) is 1. The van der Waals surface area contributed by atoms with Crippen LogP contribution in [0, 0.1) is 5.92 Å². The minimum atomic E-state index is -0.565. The Hall–Kier alpha value is -3.68. The van der Waals surface area contributed by atoms with E-state index in [1.807, 2.05) is 43.3 Å². The standard InChI is InChI=1S/C26H29N3O5/c1-3-28-21-7-5-6-8-22(21)29(25(32)24(28)31)17-18-9-11-19(12-10-18)23(30)27-15-13-20(14-16-27)26(33)34-4-2/h5-12,20H,3-4,13-17H2,1-2H3. The number of rotatable bonds is 6. The van der Waals surface area contributed by atoms with Crippen LogP contribution in [0.2, 0.25) is 0 Å². The fourth-order valence-electron chi connectivity index (χ4n) is 4.54. The van der Waals surface area contributed by atoms with E-state index in [0.29, 0.717) is 55.7 Å². The first-order valence-corrected chi connectivity index (χ1v) is 11.7. The summed E-state index contributed by atoms with van der Waals surface area (Å²) in [4.78, 5) is 52.0. The van der Waals surface area contributed by atoms with Gasteiger partial charge in [0.15, 0.2) is 0 Å². The second-order valence-electron chi connectivity index (χ2n) is 8.44. The summed E-state index contributed by atoms with van der Waals surface area (Å²) in [5.74, 6) is -0.419. The normalized spacial score (nSPS) is 14.4. The molecule has 34 heavy (non-hydrogen) atoms. The third kappa shape index (κ3) is 4.53. The smallest absolute Gasteiger partial charge is 0.317 e. The highest BCUT2D eigenvalue weighted by atomic mass is 16.5. The number of ether oxygens (including phenoxy) is 1. The molecule has 8 heteroatoms. The van der Waals surface area contributed by atoms with Crippen LogP contribution >= 0.6 is 0 Å². The summed E-state index contributed by atoms with van der Waals surface area (Å²) in [6.07, 6.45) is 1.20. The lowest BCUT2D eigenvalue weighted by molar-refractivity contribution is -0.149. The molecular formula is C26H29N3O5. The fourth-order valence-corrected chi connectivity index (χ4v) is 4.54. The molecule has 8 nitrogen and oxygen atoms in total. The first-order chi connectivity index (χ1) is 16.4. The van der Waals surface area contributed by atoms with Crippen molar-refractivity contribution in [1.82, 2.24) is 14.0 Å². The molecule has 2 aromatic carbocycles. The van der Waals surface area contributed by atoms with Gasteiger partial charge in [-0.1, -0.05) is 24.3 Å². The van der Waals surface area contributed by atoms with Crippen molar-refractivity contribution in [1.29, 1.82) is 0 Å². The van der Waals surface area contributed by atoms with Crippen molar-refractivity contribution in [3.8, 4) is 0 Å². The van der Waals surface area contributed by atoms with E-state index in [9.17, 15) is 19.2 Å². The summed E-state index contributed by atoms with van der Waals surface area (Å²) in [6.45, 7) is 5.68. The lowest BCUT2D eigenvalue weighted by atomic mass is 9.96. The molecule has 178 valence electrons. The Balaban J connectivity index is 1.50. The number of esters is 1. The van der Waals surface area contributed by atoms with Gasteiger partial charge in [0, 0.05) is 25.2 Å². The van der Waals surface area contributed by atoms with Crippen molar-refractivity contribution >= 4 is 22.9 Å². The number of hydrogen-bond acceptors (Lipinski definition) is 5. The zero-order valence-electron chi connectivity index (χ0n) is 19.5. The SMILES string of the molecule is CCOC(=O)C1CCN(C(=O)c2ccc(Cn3c(=O)c(=O)n(CC)c4ccccc43)cc2)CC1. The predicted molar refractivity (Wildman–Crippen MR) is 129 cm³/mol. The zero-order valence-corrected chi connectivity index (χ0v) is 19.5. The van der Waals surface area contributed by atoms with Crippen LogP contribution in [0.5, 0.6) is 0 Å². The van der Waals surface area contributed by atoms with E-state index in [1.54, 1.807) is 24.0 Å². The molecule has 2 heterocycles. The molecule has 1 fully saturated rings. The van der Waals surface area contributed by atoms with E-state index >= 15 is 0 Å². The van der Waals surface area contributed by atoms with E-state index in [0.717, 1.165) is 5.56 Å². The van der Waals surface area contributed by atoms with Crippen molar-refractivity contribution in [2.75, 3.05) is 19.7 Å². The Labute approximate surface area is 197 Å². The topological polar surface area (TPSA) is 90.6 Å². The third-order valence-electron chi connectivity index (χ3n) is 6.40. The molecule has 1 saturated heterocycles. The number of aryl methyl sites for hydroxylation is 1. The Kier molecular flexibility index (Phi) is 6.95. The van der Waals surface area contributed by atoms with Crippen LogP contribution in [0.1, 0.15) is 42.6 Å². The van der Waals surface area contributed by atoms with Crippen molar-refractivity contribution in [3.05, 3.63) is 80.4 Å². The maximum atomic E-state index is 12.9. The van der Waals surface area contributed by atoms with Gasteiger partial charge in [0.05, 0.1) is 30.1 Å². The number of amides is 1. The number of piperidine rings is 1. The molecular weight excluding hydrogens is 434 g/mol. The molecule has 0 N–H and O–H groups in total. The second-order valence-corrected chi connectivity index (χ2v) is 8.44. The van der Waals surface area contributed by atoms with Crippen molar-refractivity contribution in [3.63, 3.8) is 0 Å². The molecule has 1 aliphatic rings. The number of benzene rings is 2. The van der Waals surface area contributed by atoms with Crippen LogP contribution < -0.4 is 11.1 Å². The molecule has 1 amide bonds. The molecule has 0 unspecified atom stereocenters. The third-order valence-corrected chi connectivity index (χ3v) is 6.40. The molecule has 0 saturated carbocycles. The van der Waals surface area contributed by atoms with Gasteiger partial charge >= 0.3 is 17.1 Å². The van der Waals surface area contributed by atoms with Crippen LogP contribution in [-0.2, 0) is 22.6 Å². The van der Waals surface area contributed by atoms with Gasteiger partial charge in [-0.25, -0.2) is 0 Å². The van der Waals surface area contributed by atoms with Gasteiger partial charge in [0.2, 0.25) is 0 Å². The summed E-state index contributed by atoms with van der Waals surface area (Å²) in [7, 11) is 0. The van der Waals surface area contributed by atoms with Crippen LogP contribution in [0.4, 0.5) is 0 Å². The van der Waals surface area contributed by atoms with Crippen LogP contribution in [0.3, 0.4) is 0 Å². The maximum Gasteiger partial charge on any atom is 0.317 e. The highest BCUT2D eigenvalue weighted by Crippen LogP contribution is 2.21. The second kappa shape index (κ2) is 10.1. The summed E-state index contributed by atoms with van der Waals surface area (Å²) in [5.41, 5.74) is 1.67. The van der Waals surface area contributed by atoms with Crippen LogP contribution in [0.15, 0.2) is 58.1 Å². The monoisotopic (exact) mass is 463 g/mol. The van der Waals surface area contributed by atoms with Gasteiger partial charge in [0.25, 0.3) is 5.91 Å².